The van der Waals surface area contributed by atoms with Crippen LogP contribution in [0.2, 0.25) is 0 Å². The molecule has 2 aromatic rings. The molecule has 2 heterocycles. The lowest BCUT2D eigenvalue weighted by molar-refractivity contribution is 0.0195. The van der Waals surface area contributed by atoms with Crippen molar-refractivity contribution in [1.29, 1.82) is 5.26 Å². The molecule has 7 nitrogen and oxygen atoms in total. The molecule has 3 rings (SSSR count). The van der Waals surface area contributed by atoms with Gasteiger partial charge in [0.2, 0.25) is 0 Å². The summed E-state index contributed by atoms with van der Waals surface area (Å²) >= 11 is 0. The Morgan fingerprint density at radius 3 is 2.78 bits per heavy atom. The van der Waals surface area contributed by atoms with Gasteiger partial charge in [-0.2, -0.15) is 5.26 Å². The van der Waals surface area contributed by atoms with E-state index >= 15 is 0 Å². The van der Waals surface area contributed by atoms with E-state index in [4.69, 9.17) is 10.00 Å². The minimum Gasteiger partial charge on any atom is -0.444 e. The lowest BCUT2D eigenvalue weighted by Gasteiger charge is -2.34. The molecule has 0 unspecified atom stereocenters. The highest BCUT2D eigenvalue weighted by Crippen LogP contribution is 2.27. The zero-order chi connectivity index (χ0) is 19.8. The first-order valence-electron chi connectivity index (χ1n) is 9.08. The van der Waals surface area contributed by atoms with Crippen LogP contribution in [0.25, 0.3) is 10.9 Å². The lowest BCUT2D eigenvalue weighted by atomic mass is 9.97. The molecule has 1 amide bonds. The van der Waals surface area contributed by atoms with Crippen molar-refractivity contribution in [2.45, 2.75) is 45.1 Å². The number of likely N-dealkylation sites (tertiary alicyclic amines) is 1. The Kier molecular flexibility index (Phi) is 4.92. The number of ether oxygens (including phenoxy) is 1. The van der Waals surface area contributed by atoms with Gasteiger partial charge >= 0.3 is 6.09 Å². The molecule has 1 aliphatic heterocycles. The van der Waals surface area contributed by atoms with Gasteiger partial charge in [-0.3, -0.25) is 9.36 Å². The molecule has 1 aromatic carbocycles. The maximum Gasteiger partial charge on any atom is 0.410 e. The first-order valence-corrected chi connectivity index (χ1v) is 9.08. The summed E-state index contributed by atoms with van der Waals surface area (Å²) in [6.45, 7) is 6.64. The third kappa shape index (κ3) is 3.95. The number of hydrogen-bond acceptors (Lipinski definition) is 5. The van der Waals surface area contributed by atoms with E-state index in [1.165, 1.54) is 4.57 Å². The Hall–Kier alpha value is -2.88. The third-order valence-corrected chi connectivity index (χ3v) is 4.68. The van der Waals surface area contributed by atoms with Crippen LogP contribution in [0.1, 0.15) is 50.9 Å². The molecule has 1 atom stereocenters. The normalized spacial score (nSPS) is 17.6. The average molecular weight is 368 g/mol. The van der Waals surface area contributed by atoms with Crippen molar-refractivity contribution in [3.8, 4) is 6.07 Å². The molecule has 0 aliphatic carbocycles. The fourth-order valence-corrected chi connectivity index (χ4v) is 3.40. The summed E-state index contributed by atoms with van der Waals surface area (Å²) in [7, 11) is 1.69. The van der Waals surface area contributed by atoms with Crippen molar-refractivity contribution in [2.75, 3.05) is 13.1 Å². The van der Waals surface area contributed by atoms with Crippen LogP contribution in [-0.4, -0.2) is 39.2 Å². The molecule has 27 heavy (non-hydrogen) atoms. The van der Waals surface area contributed by atoms with Crippen LogP contribution in [0.5, 0.6) is 0 Å². The van der Waals surface area contributed by atoms with E-state index in [-0.39, 0.29) is 17.6 Å². The second-order valence-corrected chi connectivity index (χ2v) is 7.94. The van der Waals surface area contributed by atoms with E-state index in [0.717, 1.165) is 12.8 Å². The van der Waals surface area contributed by atoms with E-state index in [2.05, 4.69) is 4.98 Å². The molecule has 142 valence electrons. The summed E-state index contributed by atoms with van der Waals surface area (Å²) in [5.74, 6) is 0.620. The van der Waals surface area contributed by atoms with E-state index < -0.39 is 5.60 Å². The van der Waals surface area contributed by atoms with Crippen molar-refractivity contribution in [2.24, 2.45) is 7.05 Å². The molecule has 7 heteroatoms. The van der Waals surface area contributed by atoms with Crippen molar-refractivity contribution in [1.82, 2.24) is 14.5 Å². The van der Waals surface area contributed by atoms with Crippen molar-refractivity contribution < 1.29 is 9.53 Å². The van der Waals surface area contributed by atoms with Crippen LogP contribution in [0.3, 0.4) is 0 Å². The number of nitrogens with zero attached hydrogens (tertiary/aromatic N) is 4. The molecule has 1 saturated heterocycles. The van der Waals surface area contributed by atoms with Gasteiger partial charge in [0.05, 0.1) is 22.5 Å². The van der Waals surface area contributed by atoms with E-state index in [1.807, 2.05) is 26.8 Å². The van der Waals surface area contributed by atoms with Gasteiger partial charge in [-0.05, 0) is 51.8 Å². The fraction of sp³-hybridized carbons (Fsp3) is 0.500. The summed E-state index contributed by atoms with van der Waals surface area (Å²) in [6.07, 6.45) is 1.34. The quantitative estimate of drug-likeness (QED) is 0.772. The summed E-state index contributed by atoms with van der Waals surface area (Å²) in [5, 5.41) is 9.48. The van der Waals surface area contributed by atoms with Gasteiger partial charge in [0.25, 0.3) is 5.56 Å². The number of fused-ring (bicyclic) bond motifs is 1. The SMILES string of the molecule is Cn1c([C@@H]2CCCN(C(=O)OC(C)(C)C)C2)nc2ccc(C#N)cc2c1=O. The molecule has 0 N–H and O–H groups in total. The van der Waals surface area contributed by atoms with Gasteiger partial charge in [0.1, 0.15) is 11.4 Å². The number of piperidine rings is 1. The molecule has 0 radical (unpaired) electrons. The Balaban J connectivity index is 1.93. The van der Waals surface area contributed by atoms with Crippen LogP contribution in [0.4, 0.5) is 4.79 Å². The van der Waals surface area contributed by atoms with E-state index in [0.29, 0.717) is 35.4 Å². The first kappa shape index (κ1) is 18.9. The maximum absolute atomic E-state index is 12.8. The standard InChI is InChI=1S/C20H24N4O3/c1-20(2,3)27-19(26)24-9-5-6-14(12-24)17-22-16-8-7-13(11-21)10-15(16)18(25)23(17)4/h7-8,10,14H,5-6,9,12H2,1-4H3/t14-/m1/s1. The Morgan fingerprint density at radius 2 is 2.11 bits per heavy atom. The monoisotopic (exact) mass is 368 g/mol. The third-order valence-electron chi connectivity index (χ3n) is 4.68. The number of nitriles is 1. The predicted molar refractivity (Wildman–Crippen MR) is 101 cm³/mol. The maximum atomic E-state index is 12.8. The molecule has 0 bridgehead atoms. The lowest BCUT2D eigenvalue weighted by Crippen LogP contribution is -2.43. The molecule has 1 aromatic heterocycles. The highest BCUT2D eigenvalue weighted by Gasteiger charge is 2.30. The minimum atomic E-state index is -0.545. The predicted octanol–water partition coefficient (Wildman–Crippen LogP) is 2.92. The second kappa shape index (κ2) is 7.03. The topological polar surface area (TPSA) is 88.2 Å². The summed E-state index contributed by atoms with van der Waals surface area (Å²) in [4.78, 5) is 31.5. The largest absolute Gasteiger partial charge is 0.444 e. The zero-order valence-corrected chi connectivity index (χ0v) is 16.2. The number of carbonyl (C=O) groups excluding carboxylic acids is 1. The van der Waals surface area contributed by atoms with Gasteiger partial charge in [-0.15, -0.1) is 0 Å². The van der Waals surface area contributed by atoms with Crippen LogP contribution in [0.15, 0.2) is 23.0 Å². The zero-order valence-electron chi connectivity index (χ0n) is 16.2. The number of hydrogen-bond donors (Lipinski definition) is 0. The Bertz CT molecular complexity index is 982. The molecular formula is C20H24N4O3. The molecule has 0 spiro atoms. The summed E-state index contributed by atoms with van der Waals surface area (Å²) in [6, 6.07) is 6.98. The number of benzene rings is 1. The Morgan fingerprint density at radius 1 is 1.37 bits per heavy atom. The van der Waals surface area contributed by atoms with Gasteiger partial charge in [-0.1, -0.05) is 0 Å². The van der Waals surface area contributed by atoms with Crippen molar-refractivity contribution in [3.63, 3.8) is 0 Å². The molecule has 1 aliphatic rings. The summed E-state index contributed by atoms with van der Waals surface area (Å²) < 4.78 is 7.01. The van der Waals surface area contributed by atoms with Crippen molar-refractivity contribution in [3.05, 3.63) is 39.9 Å². The van der Waals surface area contributed by atoms with Gasteiger partial charge < -0.3 is 9.64 Å². The van der Waals surface area contributed by atoms with Gasteiger partial charge in [-0.25, -0.2) is 9.78 Å². The summed E-state index contributed by atoms with van der Waals surface area (Å²) in [5.41, 5.74) is 0.280. The minimum absolute atomic E-state index is 0.0380. The second-order valence-electron chi connectivity index (χ2n) is 7.94. The molecular weight excluding hydrogens is 344 g/mol. The van der Waals surface area contributed by atoms with E-state index in [9.17, 15) is 9.59 Å². The van der Waals surface area contributed by atoms with Crippen molar-refractivity contribution >= 4 is 17.0 Å². The van der Waals surface area contributed by atoms with Crippen LogP contribution < -0.4 is 5.56 Å². The smallest absolute Gasteiger partial charge is 0.410 e. The average Bonchev–Trinajstić information content (AvgIpc) is 2.63. The number of amides is 1. The van der Waals surface area contributed by atoms with Crippen LogP contribution in [0, 0.1) is 11.3 Å². The number of aromatic nitrogens is 2. The Labute approximate surface area is 158 Å². The van der Waals surface area contributed by atoms with E-state index in [1.54, 1.807) is 30.1 Å². The molecule has 1 fully saturated rings. The molecule has 0 saturated carbocycles. The highest BCUT2D eigenvalue weighted by molar-refractivity contribution is 5.79. The van der Waals surface area contributed by atoms with Gasteiger partial charge in [0, 0.05) is 26.1 Å². The number of rotatable bonds is 1. The first-order chi connectivity index (χ1) is 12.7. The fourth-order valence-electron chi connectivity index (χ4n) is 3.40. The number of carbonyl (C=O) groups is 1. The highest BCUT2D eigenvalue weighted by atomic mass is 16.6. The van der Waals surface area contributed by atoms with Crippen LogP contribution >= 0.6 is 0 Å². The van der Waals surface area contributed by atoms with Crippen LogP contribution in [-0.2, 0) is 11.8 Å². The van der Waals surface area contributed by atoms with Gasteiger partial charge in [0.15, 0.2) is 0 Å².